The van der Waals surface area contributed by atoms with Crippen molar-refractivity contribution in [2.24, 2.45) is 0 Å². The summed E-state index contributed by atoms with van der Waals surface area (Å²) < 4.78 is 5.64. The maximum atomic E-state index is 12.2. The molecule has 0 radical (unpaired) electrons. The molecule has 1 aliphatic rings. The molecular formula is C16H17ClN2O2. The van der Waals surface area contributed by atoms with Crippen molar-refractivity contribution in [3.8, 4) is 11.3 Å². The Hall–Kier alpha value is -1.78. The molecule has 1 saturated heterocycles. The number of rotatable bonds is 3. The van der Waals surface area contributed by atoms with E-state index in [2.05, 4.69) is 10.6 Å². The number of carbonyl (C=O) groups excluding carboxylic acids is 1. The summed E-state index contributed by atoms with van der Waals surface area (Å²) in [5, 5.41) is 6.89. The average Bonchev–Trinajstić information content (AvgIpc) is 2.98. The lowest BCUT2D eigenvalue weighted by Crippen LogP contribution is -2.42. The number of hydrogen-bond acceptors (Lipinski definition) is 3. The fourth-order valence-electron chi connectivity index (χ4n) is 2.49. The number of benzene rings is 1. The Bertz CT molecular complexity index is 633. The smallest absolute Gasteiger partial charge is 0.287 e. The van der Waals surface area contributed by atoms with Gasteiger partial charge in [0.05, 0.1) is 5.02 Å². The topological polar surface area (TPSA) is 54.3 Å². The standard InChI is InChI=1S/C16H17ClN2O2/c17-13-4-2-1-3-12(13)14-5-6-15(21-14)16(20)19-11-7-9-18-10-8-11/h1-6,11,18H,7-10H2,(H,19,20). The first kappa shape index (κ1) is 14.2. The summed E-state index contributed by atoms with van der Waals surface area (Å²) in [6.07, 6.45) is 1.90. The lowest BCUT2D eigenvalue weighted by atomic mass is 10.1. The van der Waals surface area contributed by atoms with Gasteiger partial charge < -0.3 is 15.1 Å². The third-order valence-corrected chi connectivity index (χ3v) is 3.97. The summed E-state index contributed by atoms with van der Waals surface area (Å²) in [7, 11) is 0. The molecule has 0 spiro atoms. The summed E-state index contributed by atoms with van der Waals surface area (Å²) in [6.45, 7) is 1.88. The van der Waals surface area contributed by atoms with Gasteiger partial charge in [0.2, 0.25) is 0 Å². The zero-order valence-corrected chi connectivity index (χ0v) is 12.3. The van der Waals surface area contributed by atoms with Gasteiger partial charge in [-0.2, -0.15) is 0 Å². The van der Waals surface area contributed by atoms with Crippen molar-refractivity contribution in [3.63, 3.8) is 0 Å². The average molecular weight is 305 g/mol. The second-order valence-electron chi connectivity index (χ2n) is 5.14. The van der Waals surface area contributed by atoms with Gasteiger partial charge in [0.1, 0.15) is 5.76 Å². The summed E-state index contributed by atoms with van der Waals surface area (Å²) in [5.74, 6) is 0.764. The normalized spacial score (nSPS) is 15.9. The molecule has 1 aliphatic heterocycles. The van der Waals surface area contributed by atoms with Gasteiger partial charge >= 0.3 is 0 Å². The maximum absolute atomic E-state index is 12.2. The summed E-state index contributed by atoms with van der Waals surface area (Å²) in [4.78, 5) is 12.2. The highest BCUT2D eigenvalue weighted by Gasteiger charge is 2.19. The Morgan fingerprint density at radius 3 is 2.71 bits per heavy atom. The molecule has 0 aliphatic carbocycles. The molecule has 1 aromatic heterocycles. The molecule has 1 amide bonds. The molecule has 0 atom stereocenters. The Morgan fingerprint density at radius 1 is 1.19 bits per heavy atom. The van der Waals surface area contributed by atoms with Gasteiger partial charge in [0.25, 0.3) is 5.91 Å². The van der Waals surface area contributed by atoms with Crippen LogP contribution in [0.3, 0.4) is 0 Å². The van der Waals surface area contributed by atoms with E-state index in [0.717, 1.165) is 31.5 Å². The summed E-state index contributed by atoms with van der Waals surface area (Å²) >= 11 is 6.14. The van der Waals surface area contributed by atoms with Crippen molar-refractivity contribution in [2.45, 2.75) is 18.9 Å². The number of halogens is 1. The highest BCUT2D eigenvalue weighted by atomic mass is 35.5. The van der Waals surface area contributed by atoms with E-state index >= 15 is 0 Å². The molecule has 5 heteroatoms. The Balaban J connectivity index is 1.72. The zero-order chi connectivity index (χ0) is 14.7. The molecule has 1 fully saturated rings. The van der Waals surface area contributed by atoms with Crippen LogP contribution in [0.1, 0.15) is 23.4 Å². The molecule has 0 bridgehead atoms. The van der Waals surface area contributed by atoms with E-state index in [1.54, 1.807) is 18.2 Å². The first-order chi connectivity index (χ1) is 10.2. The highest BCUT2D eigenvalue weighted by molar-refractivity contribution is 6.33. The van der Waals surface area contributed by atoms with E-state index in [9.17, 15) is 4.79 Å². The van der Waals surface area contributed by atoms with E-state index in [1.807, 2.05) is 18.2 Å². The first-order valence-electron chi connectivity index (χ1n) is 7.10. The van der Waals surface area contributed by atoms with Crippen LogP contribution in [-0.4, -0.2) is 25.0 Å². The van der Waals surface area contributed by atoms with Crippen LogP contribution in [0.25, 0.3) is 11.3 Å². The number of hydrogen-bond donors (Lipinski definition) is 2. The molecule has 2 heterocycles. The molecule has 2 aromatic rings. The minimum absolute atomic E-state index is 0.166. The fraction of sp³-hybridized carbons (Fsp3) is 0.312. The molecule has 4 nitrogen and oxygen atoms in total. The third-order valence-electron chi connectivity index (χ3n) is 3.64. The molecular weight excluding hydrogens is 288 g/mol. The molecule has 21 heavy (non-hydrogen) atoms. The van der Waals surface area contributed by atoms with E-state index in [0.29, 0.717) is 16.5 Å². The lowest BCUT2D eigenvalue weighted by molar-refractivity contribution is 0.0902. The fourth-order valence-corrected chi connectivity index (χ4v) is 2.72. The van der Waals surface area contributed by atoms with E-state index in [-0.39, 0.29) is 11.9 Å². The minimum Gasteiger partial charge on any atom is -0.451 e. The van der Waals surface area contributed by atoms with Crippen LogP contribution in [0.2, 0.25) is 5.02 Å². The van der Waals surface area contributed by atoms with Crippen LogP contribution in [0, 0.1) is 0 Å². The highest BCUT2D eigenvalue weighted by Crippen LogP contribution is 2.29. The number of piperidine rings is 1. The zero-order valence-electron chi connectivity index (χ0n) is 11.6. The third kappa shape index (κ3) is 3.28. The minimum atomic E-state index is -0.166. The van der Waals surface area contributed by atoms with Crippen LogP contribution in [-0.2, 0) is 0 Å². The Labute approximate surface area is 128 Å². The van der Waals surface area contributed by atoms with Crippen LogP contribution in [0.15, 0.2) is 40.8 Å². The van der Waals surface area contributed by atoms with Gasteiger partial charge in [-0.1, -0.05) is 23.7 Å². The first-order valence-corrected chi connectivity index (χ1v) is 7.48. The van der Waals surface area contributed by atoms with Crippen LogP contribution in [0.5, 0.6) is 0 Å². The monoisotopic (exact) mass is 304 g/mol. The molecule has 3 rings (SSSR count). The SMILES string of the molecule is O=C(NC1CCNCC1)c1ccc(-c2ccccc2Cl)o1. The van der Waals surface area contributed by atoms with Crippen molar-refractivity contribution in [1.29, 1.82) is 0 Å². The second kappa shape index (κ2) is 6.33. The molecule has 0 saturated carbocycles. The molecule has 110 valence electrons. The lowest BCUT2D eigenvalue weighted by Gasteiger charge is -2.23. The van der Waals surface area contributed by atoms with Crippen molar-refractivity contribution in [1.82, 2.24) is 10.6 Å². The van der Waals surface area contributed by atoms with Crippen molar-refractivity contribution >= 4 is 17.5 Å². The van der Waals surface area contributed by atoms with Crippen molar-refractivity contribution in [3.05, 3.63) is 47.2 Å². The number of furan rings is 1. The van der Waals surface area contributed by atoms with Gasteiger partial charge in [-0.25, -0.2) is 0 Å². The van der Waals surface area contributed by atoms with Gasteiger partial charge in [-0.3, -0.25) is 4.79 Å². The van der Waals surface area contributed by atoms with E-state index in [4.69, 9.17) is 16.0 Å². The largest absolute Gasteiger partial charge is 0.451 e. The van der Waals surface area contributed by atoms with E-state index < -0.39 is 0 Å². The predicted octanol–water partition coefficient (Wildman–Crippen LogP) is 3.08. The maximum Gasteiger partial charge on any atom is 0.287 e. The van der Waals surface area contributed by atoms with Gasteiger partial charge in [-0.05, 0) is 50.2 Å². The summed E-state index contributed by atoms with van der Waals surface area (Å²) in [5.41, 5.74) is 0.792. The quantitative estimate of drug-likeness (QED) is 0.916. The van der Waals surface area contributed by atoms with Crippen LogP contribution in [0.4, 0.5) is 0 Å². The van der Waals surface area contributed by atoms with Gasteiger partial charge in [-0.15, -0.1) is 0 Å². The number of nitrogens with one attached hydrogen (secondary N) is 2. The number of amides is 1. The molecule has 1 aromatic carbocycles. The predicted molar refractivity (Wildman–Crippen MR) is 82.5 cm³/mol. The van der Waals surface area contributed by atoms with Crippen LogP contribution < -0.4 is 10.6 Å². The van der Waals surface area contributed by atoms with Gasteiger partial charge in [0, 0.05) is 11.6 Å². The Kier molecular flexibility index (Phi) is 4.27. The van der Waals surface area contributed by atoms with Crippen molar-refractivity contribution < 1.29 is 9.21 Å². The molecule has 0 unspecified atom stereocenters. The Morgan fingerprint density at radius 2 is 1.95 bits per heavy atom. The van der Waals surface area contributed by atoms with E-state index in [1.165, 1.54) is 0 Å². The summed E-state index contributed by atoms with van der Waals surface area (Å²) in [6, 6.07) is 11.1. The van der Waals surface area contributed by atoms with Crippen LogP contribution >= 0.6 is 11.6 Å². The van der Waals surface area contributed by atoms with Gasteiger partial charge in [0.15, 0.2) is 5.76 Å². The molecule has 2 N–H and O–H groups in total. The van der Waals surface area contributed by atoms with Crippen molar-refractivity contribution in [2.75, 3.05) is 13.1 Å². The second-order valence-corrected chi connectivity index (χ2v) is 5.55. The number of carbonyl (C=O) groups is 1.